The summed E-state index contributed by atoms with van der Waals surface area (Å²) in [4.78, 5) is 42.1. The molecule has 33 heavy (non-hydrogen) atoms. The number of rotatable bonds is 7. The number of hydrogen-bond acceptors (Lipinski definition) is 6. The molecule has 0 atom stereocenters. The molecule has 1 heterocycles. The van der Waals surface area contributed by atoms with E-state index in [9.17, 15) is 14.4 Å². The molecule has 0 unspecified atom stereocenters. The first-order valence-corrected chi connectivity index (χ1v) is 12.2. The summed E-state index contributed by atoms with van der Waals surface area (Å²) < 4.78 is 5.16. The Morgan fingerprint density at radius 1 is 1.03 bits per heavy atom. The average Bonchev–Trinajstić information content (AvgIpc) is 3.05. The van der Waals surface area contributed by atoms with Crippen molar-refractivity contribution in [3.63, 3.8) is 0 Å². The second kappa shape index (κ2) is 10.3. The number of para-hydroxylation sites is 1. The van der Waals surface area contributed by atoms with E-state index in [0.717, 1.165) is 41.0 Å². The van der Waals surface area contributed by atoms with E-state index in [1.807, 2.05) is 31.2 Å². The Hall–Kier alpha value is -3.06. The van der Waals surface area contributed by atoms with Gasteiger partial charge in [0.1, 0.15) is 10.6 Å². The van der Waals surface area contributed by atoms with Gasteiger partial charge in [0.15, 0.2) is 0 Å². The highest BCUT2D eigenvalue weighted by molar-refractivity contribution is 8.04. The van der Waals surface area contributed by atoms with E-state index in [1.54, 1.807) is 31.2 Å². The van der Waals surface area contributed by atoms with Crippen LogP contribution in [0.1, 0.15) is 54.9 Å². The van der Waals surface area contributed by atoms with Crippen molar-refractivity contribution in [3.05, 3.63) is 70.3 Å². The SMILES string of the molecule is CCOC(=O)c1ccccc1N1C(=O)C(NC2CCCCC2)=C(Sc2ccc(C)cc2)C1=O. The number of benzene rings is 2. The van der Waals surface area contributed by atoms with Gasteiger partial charge in [0.2, 0.25) is 0 Å². The van der Waals surface area contributed by atoms with Crippen LogP contribution in [0.5, 0.6) is 0 Å². The smallest absolute Gasteiger partial charge is 0.340 e. The molecule has 0 spiro atoms. The fourth-order valence-electron chi connectivity index (χ4n) is 4.18. The average molecular weight is 465 g/mol. The Bertz CT molecular complexity index is 1090. The van der Waals surface area contributed by atoms with E-state index in [2.05, 4.69) is 5.32 Å². The molecule has 1 aliphatic carbocycles. The van der Waals surface area contributed by atoms with Gasteiger partial charge in [-0.3, -0.25) is 9.59 Å². The van der Waals surface area contributed by atoms with Crippen LogP contribution in [-0.2, 0) is 14.3 Å². The summed E-state index contributed by atoms with van der Waals surface area (Å²) in [5.74, 6) is -1.42. The van der Waals surface area contributed by atoms with Crippen molar-refractivity contribution in [1.82, 2.24) is 5.32 Å². The molecule has 1 aliphatic heterocycles. The second-order valence-corrected chi connectivity index (χ2v) is 9.37. The third kappa shape index (κ3) is 4.98. The summed E-state index contributed by atoms with van der Waals surface area (Å²) in [6.07, 6.45) is 5.32. The van der Waals surface area contributed by atoms with Crippen molar-refractivity contribution in [2.24, 2.45) is 0 Å². The first kappa shape index (κ1) is 23.1. The summed E-state index contributed by atoms with van der Waals surface area (Å²) in [5.41, 5.74) is 1.87. The lowest BCUT2D eigenvalue weighted by Crippen LogP contribution is -2.38. The highest BCUT2D eigenvalue weighted by Crippen LogP contribution is 2.38. The Morgan fingerprint density at radius 3 is 2.42 bits per heavy atom. The number of nitrogens with one attached hydrogen (secondary N) is 1. The first-order chi connectivity index (χ1) is 16.0. The van der Waals surface area contributed by atoms with E-state index >= 15 is 0 Å². The number of anilines is 1. The maximum atomic E-state index is 13.6. The topological polar surface area (TPSA) is 75.7 Å². The minimum atomic E-state index is -0.560. The minimum absolute atomic E-state index is 0.152. The van der Waals surface area contributed by atoms with Crippen LogP contribution >= 0.6 is 11.8 Å². The van der Waals surface area contributed by atoms with E-state index < -0.39 is 17.8 Å². The molecule has 4 rings (SSSR count). The molecule has 2 aromatic rings. The van der Waals surface area contributed by atoms with Crippen LogP contribution in [0, 0.1) is 6.92 Å². The summed E-state index contributed by atoms with van der Waals surface area (Å²) in [6, 6.07) is 14.6. The number of imide groups is 1. The zero-order chi connectivity index (χ0) is 23.4. The van der Waals surface area contributed by atoms with Gasteiger partial charge >= 0.3 is 5.97 Å². The Morgan fingerprint density at radius 2 is 1.73 bits per heavy atom. The fraction of sp³-hybridized carbons (Fsp3) is 0.346. The van der Waals surface area contributed by atoms with Gasteiger partial charge in [-0.2, -0.15) is 0 Å². The lowest BCUT2D eigenvalue weighted by Gasteiger charge is -2.24. The van der Waals surface area contributed by atoms with E-state index in [4.69, 9.17) is 4.74 Å². The summed E-state index contributed by atoms with van der Waals surface area (Å²) in [6.45, 7) is 3.93. The number of amides is 2. The van der Waals surface area contributed by atoms with Crippen LogP contribution in [0.25, 0.3) is 0 Å². The number of aryl methyl sites for hydroxylation is 1. The molecule has 7 heteroatoms. The quantitative estimate of drug-likeness (QED) is 0.461. The monoisotopic (exact) mass is 464 g/mol. The lowest BCUT2D eigenvalue weighted by molar-refractivity contribution is -0.120. The Balaban J connectivity index is 1.71. The third-order valence-electron chi connectivity index (χ3n) is 5.88. The molecule has 1 N–H and O–H groups in total. The van der Waals surface area contributed by atoms with Crippen molar-refractivity contribution >= 4 is 35.2 Å². The van der Waals surface area contributed by atoms with Gasteiger partial charge in [-0.05, 0) is 51.0 Å². The number of nitrogens with zero attached hydrogens (tertiary/aromatic N) is 1. The summed E-state index contributed by atoms with van der Waals surface area (Å²) >= 11 is 1.28. The molecular weight excluding hydrogens is 436 g/mol. The molecule has 1 fully saturated rings. The number of hydrogen-bond donors (Lipinski definition) is 1. The molecular formula is C26H28N2O4S. The van der Waals surface area contributed by atoms with Gasteiger partial charge in [0, 0.05) is 10.9 Å². The third-order valence-corrected chi connectivity index (χ3v) is 6.97. The maximum Gasteiger partial charge on any atom is 0.340 e. The van der Waals surface area contributed by atoms with Gasteiger partial charge in [0.25, 0.3) is 11.8 Å². The number of ether oxygens (including phenoxy) is 1. The molecule has 0 bridgehead atoms. The molecule has 1 saturated carbocycles. The van der Waals surface area contributed by atoms with Crippen LogP contribution in [0.3, 0.4) is 0 Å². The Kier molecular flexibility index (Phi) is 7.18. The fourth-order valence-corrected chi connectivity index (χ4v) is 5.11. The molecule has 172 valence electrons. The molecule has 0 aromatic heterocycles. The predicted octanol–water partition coefficient (Wildman–Crippen LogP) is 4.97. The van der Waals surface area contributed by atoms with E-state index in [1.165, 1.54) is 18.2 Å². The van der Waals surface area contributed by atoms with Crippen molar-refractivity contribution < 1.29 is 19.1 Å². The number of carbonyl (C=O) groups is 3. The summed E-state index contributed by atoms with van der Waals surface area (Å²) in [7, 11) is 0. The van der Waals surface area contributed by atoms with Gasteiger partial charge < -0.3 is 10.1 Å². The molecule has 2 aliphatic rings. The van der Waals surface area contributed by atoms with E-state index in [0.29, 0.717) is 10.6 Å². The van der Waals surface area contributed by atoms with Crippen LogP contribution in [-0.4, -0.2) is 30.4 Å². The zero-order valence-corrected chi connectivity index (χ0v) is 19.7. The molecule has 0 saturated heterocycles. The van der Waals surface area contributed by atoms with Crippen molar-refractivity contribution in [3.8, 4) is 0 Å². The van der Waals surface area contributed by atoms with Crippen LogP contribution in [0.15, 0.2) is 64.0 Å². The van der Waals surface area contributed by atoms with Crippen LogP contribution < -0.4 is 10.2 Å². The summed E-state index contributed by atoms with van der Waals surface area (Å²) in [5, 5.41) is 3.38. The largest absolute Gasteiger partial charge is 0.462 e. The van der Waals surface area contributed by atoms with Gasteiger partial charge in [-0.1, -0.05) is 60.9 Å². The van der Waals surface area contributed by atoms with Gasteiger partial charge in [0.05, 0.1) is 17.9 Å². The van der Waals surface area contributed by atoms with Crippen molar-refractivity contribution in [2.45, 2.75) is 56.9 Å². The number of carbonyl (C=O) groups excluding carboxylic acids is 3. The molecule has 2 aromatic carbocycles. The highest BCUT2D eigenvalue weighted by Gasteiger charge is 2.42. The van der Waals surface area contributed by atoms with Gasteiger partial charge in [-0.25, -0.2) is 9.69 Å². The highest BCUT2D eigenvalue weighted by atomic mass is 32.2. The van der Waals surface area contributed by atoms with Crippen molar-refractivity contribution in [1.29, 1.82) is 0 Å². The number of thioether (sulfide) groups is 1. The van der Waals surface area contributed by atoms with E-state index in [-0.39, 0.29) is 23.9 Å². The maximum absolute atomic E-state index is 13.6. The Labute approximate surface area is 198 Å². The number of esters is 1. The van der Waals surface area contributed by atoms with Gasteiger partial charge in [-0.15, -0.1) is 0 Å². The van der Waals surface area contributed by atoms with Crippen LogP contribution in [0.4, 0.5) is 5.69 Å². The zero-order valence-electron chi connectivity index (χ0n) is 18.9. The molecule has 0 radical (unpaired) electrons. The predicted molar refractivity (Wildman–Crippen MR) is 129 cm³/mol. The second-order valence-electron chi connectivity index (χ2n) is 8.28. The molecule has 2 amide bonds. The molecule has 6 nitrogen and oxygen atoms in total. The minimum Gasteiger partial charge on any atom is -0.462 e. The lowest BCUT2D eigenvalue weighted by atomic mass is 9.95. The first-order valence-electron chi connectivity index (χ1n) is 11.4. The standard InChI is InChI=1S/C26H28N2O4S/c1-3-32-26(31)20-11-7-8-12-21(20)28-24(29)22(27-18-9-5-4-6-10-18)23(25(28)30)33-19-15-13-17(2)14-16-19/h7-8,11-16,18,27H,3-6,9-10H2,1-2H3. The van der Waals surface area contributed by atoms with Crippen LogP contribution in [0.2, 0.25) is 0 Å². The normalized spacial score (nSPS) is 17.0. The van der Waals surface area contributed by atoms with Crippen molar-refractivity contribution in [2.75, 3.05) is 11.5 Å².